The third-order valence-corrected chi connectivity index (χ3v) is 4.96. The van der Waals surface area contributed by atoms with Gasteiger partial charge in [-0.2, -0.15) is 0 Å². The van der Waals surface area contributed by atoms with Crippen molar-refractivity contribution in [3.05, 3.63) is 47.0 Å². The van der Waals surface area contributed by atoms with E-state index in [-0.39, 0.29) is 30.5 Å². The summed E-state index contributed by atoms with van der Waals surface area (Å²) >= 11 is 6.02. The molecule has 3 N–H and O–H groups in total. The summed E-state index contributed by atoms with van der Waals surface area (Å²) in [6, 6.07) is 7.72. The van der Waals surface area contributed by atoms with Gasteiger partial charge in [0.05, 0.1) is 12.8 Å². The second kappa shape index (κ2) is 13.8. The van der Waals surface area contributed by atoms with Crippen LogP contribution in [0.15, 0.2) is 35.6 Å². The Labute approximate surface area is 200 Å². The third kappa shape index (κ3) is 10.5. The fraction of sp³-hybridized carbons (Fsp3) is 0.500. The van der Waals surface area contributed by atoms with Crippen LogP contribution in [-0.4, -0.2) is 61.6 Å². The van der Waals surface area contributed by atoms with Crippen LogP contribution in [-0.2, 0) is 29.4 Å². The molecule has 0 saturated heterocycles. The van der Waals surface area contributed by atoms with Crippen LogP contribution >= 0.6 is 35.6 Å². The molecule has 0 aliphatic carbocycles. The molecule has 1 aromatic heterocycles. The van der Waals surface area contributed by atoms with Crippen LogP contribution in [0, 0.1) is 0 Å². The first-order valence-corrected chi connectivity index (χ1v) is 11.7. The fourth-order valence-corrected chi connectivity index (χ4v) is 3.30. The molecule has 30 heavy (non-hydrogen) atoms. The number of aliphatic imine (C=N–C) groups is 1. The first-order chi connectivity index (χ1) is 13.9. The Morgan fingerprint density at radius 1 is 1.23 bits per heavy atom. The molecule has 0 radical (unpaired) electrons. The van der Waals surface area contributed by atoms with Gasteiger partial charge >= 0.3 is 0 Å². The Hall–Kier alpha value is -1.44. The molecule has 0 atom stereocenters. The van der Waals surface area contributed by atoms with Crippen LogP contribution in [0.25, 0.3) is 0 Å². The van der Waals surface area contributed by atoms with Crippen LogP contribution in [0.5, 0.6) is 0 Å². The van der Waals surface area contributed by atoms with E-state index in [0.29, 0.717) is 37.2 Å². The van der Waals surface area contributed by atoms with Crippen LogP contribution in [0.3, 0.4) is 0 Å². The normalized spacial score (nSPS) is 11.8. The van der Waals surface area contributed by atoms with Gasteiger partial charge in [-0.15, -0.1) is 34.2 Å². The first-order valence-electron chi connectivity index (χ1n) is 9.45. The Morgan fingerprint density at radius 3 is 2.70 bits per heavy atom. The average Bonchev–Trinajstić information content (AvgIpc) is 3.11. The van der Waals surface area contributed by atoms with Crippen LogP contribution in [0.4, 0.5) is 0 Å². The van der Waals surface area contributed by atoms with Gasteiger partial charge in [-0.1, -0.05) is 30.7 Å². The Morgan fingerprint density at radius 2 is 2.00 bits per heavy atom. The molecule has 0 spiro atoms. The van der Waals surface area contributed by atoms with Gasteiger partial charge < -0.3 is 15.2 Å². The van der Waals surface area contributed by atoms with E-state index in [0.717, 1.165) is 30.5 Å². The molecule has 0 aliphatic heterocycles. The predicted octanol–water partition coefficient (Wildman–Crippen LogP) is 1.44. The van der Waals surface area contributed by atoms with Crippen molar-refractivity contribution in [3.63, 3.8) is 0 Å². The molecular formula is C18H29ClIN7O2S. The summed E-state index contributed by atoms with van der Waals surface area (Å²) in [6.07, 6.45) is 4.44. The number of halogens is 2. The highest BCUT2D eigenvalue weighted by atomic mass is 127. The molecule has 0 fully saturated rings. The average molecular weight is 570 g/mol. The van der Waals surface area contributed by atoms with Gasteiger partial charge in [0, 0.05) is 37.6 Å². The van der Waals surface area contributed by atoms with E-state index < -0.39 is 10.0 Å². The van der Waals surface area contributed by atoms with Crippen molar-refractivity contribution in [3.8, 4) is 0 Å². The molecule has 0 bridgehead atoms. The number of hydrogen-bond acceptors (Lipinski definition) is 5. The SMILES string of the molecule is CCc1nncn1CCNC(=NCCNS(C)(=O)=O)NCCc1cccc(Cl)c1.I. The highest BCUT2D eigenvalue weighted by Crippen LogP contribution is 2.10. The van der Waals surface area contributed by atoms with Crippen molar-refractivity contribution >= 4 is 51.6 Å². The lowest BCUT2D eigenvalue weighted by Gasteiger charge is -2.14. The molecule has 12 heteroatoms. The number of aromatic nitrogens is 3. The minimum Gasteiger partial charge on any atom is -0.356 e. The van der Waals surface area contributed by atoms with E-state index >= 15 is 0 Å². The number of hydrogen-bond donors (Lipinski definition) is 3. The van der Waals surface area contributed by atoms with E-state index in [4.69, 9.17) is 11.6 Å². The Bertz CT molecular complexity index is 905. The minimum absolute atomic E-state index is 0. The van der Waals surface area contributed by atoms with Crippen LogP contribution in [0.1, 0.15) is 18.3 Å². The van der Waals surface area contributed by atoms with Crippen molar-refractivity contribution in [2.24, 2.45) is 4.99 Å². The molecule has 9 nitrogen and oxygen atoms in total. The quantitative estimate of drug-likeness (QED) is 0.163. The van der Waals surface area contributed by atoms with Crippen molar-refractivity contribution in [1.82, 2.24) is 30.1 Å². The van der Waals surface area contributed by atoms with E-state index in [9.17, 15) is 8.42 Å². The summed E-state index contributed by atoms with van der Waals surface area (Å²) < 4.78 is 26.8. The molecule has 168 valence electrons. The Balaban J connectivity index is 0.00000450. The maximum Gasteiger partial charge on any atom is 0.208 e. The van der Waals surface area contributed by atoms with Gasteiger partial charge in [-0.25, -0.2) is 13.1 Å². The van der Waals surface area contributed by atoms with Gasteiger partial charge in [0.1, 0.15) is 12.2 Å². The number of guanidine groups is 1. The predicted molar refractivity (Wildman–Crippen MR) is 131 cm³/mol. The number of rotatable bonds is 11. The van der Waals surface area contributed by atoms with Gasteiger partial charge in [-0.3, -0.25) is 4.99 Å². The zero-order chi connectivity index (χ0) is 21.1. The Kier molecular flexibility index (Phi) is 12.2. The van der Waals surface area contributed by atoms with E-state index in [1.165, 1.54) is 0 Å². The van der Waals surface area contributed by atoms with E-state index in [1.54, 1.807) is 6.33 Å². The molecule has 1 aromatic carbocycles. The molecule has 2 rings (SSSR count). The molecular weight excluding hydrogens is 541 g/mol. The number of nitrogens with zero attached hydrogens (tertiary/aromatic N) is 4. The molecule has 2 aromatic rings. The maximum absolute atomic E-state index is 11.2. The molecule has 0 aliphatic rings. The lowest BCUT2D eigenvalue weighted by molar-refractivity contribution is 0.588. The summed E-state index contributed by atoms with van der Waals surface area (Å²) in [6.45, 7) is 4.60. The lowest BCUT2D eigenvalue weighted by Crippen LogP contribution is -2.40. The summed E-state index contributed by atoms with van der Waals surface area (Å²) in [7, 11) is -3.22. The zero-order valence-electron chi connectivity index (χ0n) is 17.1. The summed E-state index contributed by atoms with van der Waals surface area (Å²) in [4.78, 5) is 4.44. The molecule has 1 heterocycles. The summed E-state index contributed by atoms with van der Waals surface area (Å²) in [5, 5.41) is 15.2. The second-order valence-corrected chi connectivity index (χ2v) is 8.69. The van der Waals surface area contributed by atoms with Gasteiger partial charge in [-0.05, 0) is 24.1 Å². The number of nitrogens with one attached hydrogen (secondary N) is 3. The lowest BCUT2D eigenvalue weighted by atomic mass is 10.1. The second-order valence-electron chi connectivity index (χ2n) is 6.42. The molecule has 0 saturated carbocycles. The van der Waals surface area contributed by atoms with Gasteiger partial charge in [0.15, 0.2) is 5.96 Å². The third-order valence-electron chi connectivity index (χ3n) is 4.00. The van der Waals surface area contributed by atoms with Gasteiger partial charge in [0.25, 0.3) is 0 Å². The first kappa shape index (κ1) is 26.6. The summed E-state index contributed by atoms with van der Waals surface area (Å²) in [5.41, 5.74) is 1.13. The highest BCUT2D eigenvalue weighted by Gasteiger charge is 2.04. The molecule has 0 unspecified atom stereocenters. The molecule has 0 amide bonds. The number of benzene rings is 1. The smallest absolute Gasteiger partial charge is 0.208 e. The fourth-order valence-electron chi connectivity index (χ4n) is 2.62. The zero-order valence-corrected chi connectivity index (χ0v) is 21.0. The monoisotopic (exact) mass is 569 g/mol. The minimum atomic E-state index is -3.22. The van der Waals surface area contributed by atoms with Crippen LogP contribution in [0.2, 0.25) is 5.02 Å². The van der Waals surface area contributed by atoms with E-state index in [1.807, 2.05) is 35.8 Å². The van der Waals surface area contributed by atoms with E-state index in [2.05, 4.69) is 30.5 Å². The highest BCUT2D eigenvalue weighted by molar-refractivity contribution is 14.0. The number of sulfonamides is 1. The summed E-state index contributed by atoms with van der Waals surface area (Å²) in [5.74, 6) is 1.55. The van der Waals surface area contributed by atoms with Crippen molar-refractivity contribution in [2.75, 3.05) is 32.4 Å². The maximum atomic E-state index is 11.2. The van der Waals surface area contributed by atoms with Crippen molar-refractivity contribution in [2.45, 2.75) is 26.3 Å². The van der Waals surface area contributed by atoms with Crippen LogP contribution < -0.4 is 15.4 Å². The standard InChI is InChI=1S/C18H28ClN7O2S.HI/c1-3-17-25-23-14-26(17)12-11-22-18(21-9-10-24-29(2,27)28)20-8-7-15-5-4-6-16(19)13-15;/h4-6,13-14,24H,3,7-12H2,1-2H3,(H2,20,21,22);1H. The largest absolute Gasteiger partial charge is 0.356 e. The number of aryl methyl sites for hydroxylation is 1. The van der Waals surface area contributed by atoms with Crippen molar-refractivity contribution in [1.29, 1.82) is 0 Å². The topological polar surface area (TPSA) is 113 Å². The van der Waals surface area contributed by atoms with Gasteiger partial charge in [0.2, 0.25) is 10.0 Å². The van der Waals surface area contributed by atoms with Crippen molar-refractivity contribution < 1.29 is 8.42 Å².